The summed E-state index contributed by atoms with van der Waals surface area (Å²) in [7, 11) is 0. The molecule has 1 heterocycles. The fourth-order valence-electron chi connectivity index (χ4n) is 0.551. The van der Waals surface area contributed by atoms with Crippen LogP contribution >= 0.6 is 11.8 Å². The summed E-state index contributed by atoms with van der Waals surface area (Å²) in [5.41, 5.74) is 0. The first kappa shape index (κ1) is 7.20. The Morgan fingerprint density at radius 3 is 3.00 bits per heavy atom. The third kappa shape index (κ3) is 1.80. The molecule has 0 aromatic heterocycles. The van der Waals surface area contributed by atoms with Gasteiger partial charge in [0.05, 0.1) is 5.75 Å². The molecule has 10 heavy (non-hydrogen) atoms. The Bertz CT molecular complexity index is 171. The third-order valence-electron chi connectivity index (χ3n) is 0.888. The third-order valence-corrected chi connectivity index (χ3v) is 1.74. The number of rotatable bonds is 1. The fraction of sp³-hybridized carbons (Fsp3) is 0.500. The SMILES string of the molecule is O=C(O)O[C@@H]1CSC(=O)N1. The first-order valence-electron chi connectivity index (χ1n) is 2.51. The maximum absolute atomic E-state index is 10.4. The van der Waals surface area contributed by atoms with Crippen LogP contribution in [0, 0.1) is 0 Å². The fourth-order valence-corrected chi connectivity index (χ4v) is 1.22. The van der Waals surface area contributed by atoms with Gasteiger partial charge in [-0.15, -0.1) is 0 Å². The van der Waals surface area contributed by atoms with E-state index in [0.717, 1.165) is 11.8 Å². The highest BCUT2D eigenvalue weighted by atomic mass is 32.2. The molecular weight excluding hydrogens is 158 g/mol. The topological polar surface area (TPSA) is 75.6 Å². The number of hydrogen-bond acceptors (Lipinski definition) is 4. The van der Waals surface area contributed by atoms with Crippen LogP contribution in [0.15, 0.2) is 0 Å². The van der Waals surface area contributed by atoms with E-state index in [4.69, 9.17) is 5.11 Å². The van der Waals surface area contributed by atoms with Crippen molar-refractivity contribution in [1.82, 2.24) is 5.32 Å². The van der Waals surface area contributed by atoms with E-state index < -0.39 is 12.4 Å². The van der Waals surface area contributed by atoms with Crippen molar-refractivity contribution >= 4 is 23.2 Å². The van der Waals surface area contributed by atoms with Gasteiger partial charge in [0, 0.05) is 0 Å². The van der Waals surface area contributed by atoms with Gasteiger partial charge < -0.3 is 15.2 Å². The molecule has 0 radical (unpaired) electrons. The second-order valence-corrected chi connectivity index (χ2v) is 2.61. The van der Waals surface area contributed by atoms with Gasteiger partial charge in [0.25, 0.3) is 5.24 Å². The highest BCUT2D eigenvalue weighted by Crippen LogP contribution is 2.13. The number of carboxylic acid groups (broad SMARTS) is 1. The van der Waals surface area contributed by atoms with Crippen molar-refractivity contribution in [1.29, 1.82) is 0 Å². The standard InChI is InChI=1S/C4H5NO4S/c6-3-5-2(1-10-3)9-4(7)8/h2H,1H2,(H,5,6)(H,7,8)/t2-/m1/s1. The predicted molar refractivity (Wildman–Crippen MR) is 33.9 cm³/mol. The van der Waals surface area contributed by atoms with Crippen LogP contribution in [-0.2, 0) is 4.74 Å². The molecule has 0 unspecified atom stereocenters. The average Bonchev–Trinajstić information content (AvgIpc) is 2.13. The van der Waals surface area contributed by atoms with Gasteiger partial charge in [-0.05, 0) is 0 Å². The number of thioether (sulfide) groups is 1. The molecule has 0 aromatic carbocycles. The van der Waals surface area contributed by atoms with Crippen molar-refractivity contribution in [3.05, 3.63) is 0 Å². The molecule has 1 fully saturated rings. The van der Waals surface area contributed by atoms with Crippen molar-refractivity contribution < 1.29 is 19.4 Å². The second-order valence-electron chi connectivity index (χ2n) is 1.62. The molecule has 2 N–H and O–H groups in total. The summed E-state index contributed by atoms with van der Waals surface area (Å²) in [6, 6.07) is 0. The quantitative estimate of drug-likeness (QED) is 0.549. The average molecular weight is 163 g/mol. The van der Waals surface area contributed by atoms with Gasteiger partial charge in [0.2, 0.25) is 0 Å². The Kier molecular flexibility index (Phi) is 2.00. The van der Waals surface area contributed by atoms with Gasteiger partial charge in [-0.25, -0.2) is 4.79 Å². The molecule has 0 spiro atoms. The summed E-state index contributed by atoms with van der Waals surface area (Å²) in [6.07, 6.45) is -2.04. The molecule has 1 rings (SSSR count). The molecule has 0 saturated carbocycles. The summed E-state index contributed by atoms with van der Waals surface area (Å²) >= 11 is 1.01. The number of carbonyl (C=O) groups excluding carboxylic acids is 1. The lowest BCUT2D eigenvalue weighted by Crippen LogP contribution is -2.30. The zero-order valence-electron chi connectivity index (χ0n) is 4.86. The first-order chi connectivity index (χ1) is 4.68. The Morgan fingerprint density at radius 2 is 2.60 bits per heavy atom. The normalized spacial score (nSPS) is 24.0. The molecule has 0 aliphatic carbocycles. The highest BCUT2D eigenvalue weighted by molar-refractivity contribution is 8.13. The highest BCUT2D eigenvalue weighted by Gasteiger charge is 2.24. The summed E-state index contributed by atoms with van der Waals surface area (Å²) in [6.45, 7) is 0. The predicted octanol–water partition coefficient (Wildman–Crippen LogP) is 0.463. The Labute approximate surface area is 60.7 Å². The van der Waals surface area contributed by atoms with E-state index in [9.17, 15) is 9.59 Å². The molecule has 0 bridgehead atoms. The van der Waals surface area contributed by atoms with Crippen molar-refractivity contribution in [3.63, 3.8) is 0 Å². The first-order valence-corrected chi connectivity index (χ1v) is 3.50. The van der Waals surface area contributed by atoms with Crippen LogP contribution in [0.25, 0.3) is 0 Å². The minimum Gasteiger partial charge on any atom is -0.450 e. The van der Waals surface area contributed by atoms with Crippen molar-refractivity contribution in [3.8, 4) is 0 Å². The van der Waals surface area contributed by atoms with Crippen LogP contribution in [-0.4, -0.2) is 28.5 Å². The summed E-state index contributed by atoms with van der Waals surface area (Å²) in [5, 5.41) is 10.1. The second kappa shape index (κ2) is 2.78. The van der Waals surface area contributed by atoms with E-state index in [1.165, 1.54) is 0 Å². The van der Waals surface area contributed by atoms with Gasteiger partial charge in [0.1, 0.15) is 0 Å². The van der Waals surface area contributed by atoms with Gasteiger partial charge in [-0.2, -0.15) is 0 Å². The zero-order valence-corrected chi connectivity index (χ0v) is 5.68. The molecule has 1 aliphatic rings. The lowest BCUT2D eigenvalue weighted by molar-refractivity contribution is 0.0553. The van der Waals surface area contributed by atoms with Gasteiger partial charge in [-0.3, -0.25) is 4.79 Å². The van der Waals surface area contributed by atoms with Crippen LogP contribution in [0.5, 0.6) is 0 Å². The van der Waals surface area contributed by atoms with Crippen LogP contribution in [0.3, 0.4) is 0 Å². The molecule has 1 atom stereocenters. The maximum atomic E-state index is 10.4. The molecular formula is C4H5NO4S. The maximum Gasteiger partial charge on any atom is 0.507 e. The molecule has 5 nitrogen and oxygen atoms in total. The van der Waals surface area contributed by atoms with Crippen LogP contribution in [0.1, 0.15) is 0 Å². The van der Waals surface area contributed by atoms with Gasteiger partial charge in [0.15, 0.2) is 6.23 Å². The molecule has 1 saturated heterocycles. The lowest BCUT2D eigenvalue weighted by Gasteiger charge is -2.05. The molecule has 1 amide bonds. The number of carbonyl (C=O) groups is 2. The summed E-state index contributed by atoms with van der Waals surface area (Å²) in [5.74, 6) is 0.352. The van der Waals surface area contributed by atoms with E-state index in [-0.39, 0.29) is 5.24 Å². The number of nitrogens with one attached hydrogen (secondary N) is 1. The number of hydrogen-bond donors (Lipinski definition) is 2. The minimum absolute atomic E-state index is 0.244. The van der Waals surface area contributed by atoms with Crippen LogP contribution in [0.4, 0.5) is 9.59 Å². The minimum atomic E-state index is -1.37. The monoisotopic (exact) mass is 163 g/mol. The summed E-state index contributed by atoms with van der Waals surface area (Å²) in [4.78, 5) is 20.3. The lowest BCUT2D eigenvalue weighted by atomic mass is 10.7. The summed E-state index contributed by atoms with van der Waals surface area (Å²) < 4.78 is 4.25. The van der Waals surface area contributed by atoms with E-state index in [1.54, 1.807) is 0 Å². The van der Waals surface area contributed by atoms with E-state index in [0.29, 0.717) is 5.75 Å². The van der Waals surface area contributed by atoms with Gasteiger partial charge in [-0.1, -0.05) is 11.8 Å². The van der Waals surface area contributed by atoms with Crippen LogP contribution in [0.2, 0.25) is 0 Å². The largest absolute Gasteiger partial charge is 0.507 e. The Morgan fingerprint density at radius 1 is 1.90 bits per heavy atom. The Hall–Kier alpha value is -0.910. The molecule has 6 heteroatoms. The van der Waals surface area contributed by atoms with Gasteiger partial charge >= 0.3 is 6.16 Å². The smallest absolute Gasteiger partial charge is 0.450 e. The zero-order chi connectivity index (χ0) is 7.56. The van der Waals surface area contributed by atoms with Crippen molar-refractivity contribution in [2.75, 3.05) is 5.75 Å². The van der Waals surface area contributed by atoms with Crippen molar-refractivity contribution in [2.24, 2.45) is 0 Å². The van der Waals surface area contributed by atoms with Crippen molar-refractivity contribution in [2.45, 2.75) is 6.23 Å². The van der Waals surface area contributed by atoms with E-state index >= 15 is 0 Å². The Balaban J connectivity index is 2.31. The van der Waals surface area contributed by atoms with E-state index in [2.05, 4.69) is 10.1 Å². The molecule has 1 aliphatic heterocycles. The molecule has 0 aromatic rings. The molecule has 56 valence electrons. The number of ether oxygens (including phenoxy) is 1. The van der Waals surface area contributed by atoms with E-state index in [1.807, 2.05) is 0 Å². The number of amides is 1. The van der Waals surface area contributed by atoms with Crippen LogP contribution < -0.4 is 5.32 Å².